The summed E-state index contributed by atoms with van der Waals surface area (Å²) in [7, 11) is -0.117. The Kier molecular flexibility index (Phi) is 12.8. The summed E-state index contributed by atoms with van der Waals surface area (Å²) in [6.45, 7) is 9.47. The SMILES string of the molecule is C=C/C(COC(=O)C(C)(C)NP(OCC1CC(C)C(N2CNc3c(N(C)NSC)ncnc32)O1)Oc1ccc(Cl)cc1)=C(\C)C(F)(F)F. The Balaban J connectivity index is 1.43. The molecule has 4 unspecified atom stereocenters. The van der Waals surface area contributed by atoms with Gasteiger partial charge in [0.15, 0.2) is 11.6 Å². The lowest BCUT2D eigenvalue weighted by Gasteiger charge is -2.30. The van der Waals surface area contributed by atoms with E-state index in [2.05, 4.69) is 43.6 Å². The van der Waals surface area contributed by atoms with Gasteiger partial charge in [-0.1, -0.05) is 43.1 Å². The molecule has 264 valence electrons. The Morgan fingerprint density at radius 2 is 2.02 bits per heavy atom. The third kappa shape index (κ3) is 9.43. The van der Waals surface area contributed by atoms with E-state index in [1.807, 2.05) is 18.3 Å². The fourth-order valence-electron chi connectivity index (χ4n) is 4.96. The highest BCUT2D eigenvalue weighted by atomic mass is 35.5. The number of esters is 1. The average Bonchev–Trinajstić information content (AvgIpc) is 3.63. The number of allylic oxidation sites excluding steroid dienone is 1. The van der Waals surface area contributed by atoms with Crippen LogP contribution < -0.4 is 29.7 Å². The standard InChI is InChI=1S/C30H40ClF3N7O5PS/c1-8-20(19(3)30(32,33)34)14-43-28(42)29(4,5)38-47(46-22-11-9-21(31)10-12-22)44-15-23-13-18(2)27(45-23)41-17-37-24-25(40(6)39-48-7)35-16-36-26(24)41/h8-12,16,18,23,27,37-39H,1,13-15,17H2,2-7H3/b20-19-. The van der Waals surface area contributed by atoms with Crippen molar-refractivity contribution >= 4 is 55.4 Å². The van der Waals surface area contributed by atoms with Gasteiger partial charge < -0.3 is 28.7 Å². The van der Waals surface area contributed by atoms with Crippen molar-refractivity contribution in [1.29, 1.82) is 0 Å². The number of halogens is 4. The zero-order chi connectivity index (χ0) is 35.2. The van der Waals surface area contributed by atoms with Crippen LogP contribution in [-0.4, -0.2) is 73.2 Å². The number of carbonyl (C=O) groups is 1. The van der Waals surface area contributed by atoms with Gasteiger partial charge in [0.05, 0.1) is 19.4 Å². The van der Waals surface area contributed by atoms with E-state index in [4.69, 9.17) is 30.1 Å². The maximum absolute atomic E-state index is 13.2. The maximum Gasteiger partial charge on any atom is 0.412 e. The molecule has 0 saturated carbocycles. The quantitative estimate of drug-likeness (QED) is 0.0601. The normalized spacial score (nSPS) is 20.5. The topological polar surface area (TPSA) is 122 Å². The number of benzene rings is 1. The molecule has 4 atom stereocenters. The minimum absolute atomic E-state index is 0.113. The zero-order valence-electron chi connectivity index (χ0n) is 27.4. The molecule has 1 aromatic heterocycles. The van der Waals surface area contributed by atoms with Gasteiger partial charge in [0.1, 0.15) is 36.1 Å². The predicted molar refractivity (Wildman–Crippen MR) is 183 cm³/mol. The third-order valence-electron chi connectivity index (χ3n) is 7.58. The summed E-state index contributed by atoms with van der Waals surface area (Å²) < 4.78 is 63.6. The molecule has 0 radical (unpaired) electrons. The Labute approximate surface area is 288 Å². The number of ether oxygens (including phenoxy) is 2. The van der Waals surface area contributed by atoms with Crippen molar-refractivity contribution in [2.24, 2.45) is 5.92 Å². The Morgan fingerprint density at radius 1 is 1.31 bits per heavy atom. The summed E-state index contributed by atoms with van der Waals surface area (Å²) in [6, 6.07) is 6.60. The molecule has 48 heavy (non-hydrogen) atoms. The van der Waals surface area contributed by atoms with Crippen molar-refractivity contribution in [3.8, 4) is 5.75 Å². The van der Waals surface area contributed by atoms with Crippen molar-refractivity contribution in [1.82, 2.24) is 19.9 Å². The molecule has 2 aromatic rings. The van der Waals surface area contributed by atoms with E-state index in [1.54, 1.807) is 24.3 Å². The van der Waals surface area contributed by atoms with Crippen LogP contribution >= 0.6 is 32.1 Å². The summed E-state index contributed by atoms with van der Waals surface area (Å²) in [6.07, 6.45) is -0.0734. The van der Waals surface area contributed by atoms with Crippen LogP contribution in [0.5, 0.6) is 5.75 Å². The van der Waals surface area contributed by atoms with E-state index in [9.17, 15) is 18.0 Å². The summed E-state index contributed by atoms with van der Waals surface area (Å²) in [5.41, 5.74) is -1.76. The predicted octanol–water partition coefficient (Wildman–Crippen LogP) is 6.59. The highest BCUT2D eigenvalue weighted by molar-refractivity contribution is 7.96. The molecule has 3 heterocycles. The molecule has 1 fully saturated rings. The highest BCUT2D eigenvalue weighted by Gasteiger charge is 2.42. The molecule has 18 heteroatoms. The van der Waals surface area contributed by atoms with Crippen LogP contribution in [0.1, 0.15) is 34.1 Å². The fourth-order valence-corrected chi connectivity index (χ4v) is 6.77. The van der Waals surface area contributed by atoms with Gasteiger partial charge in [0.25, 0.3) is 0 Å². The molecule has 4 rings (SSSR count). The van der Waals surface area contributed by atoms with E-state index in [0.29, 0.717) is 29.7 Å². The first-order valence-electron chi connectivity index (χ1n) is 14.9. The second kappa shape index (κ2) is 16.2. The van der Waals surface area contributed by atoms with Crippen molar-refractivity contribution < 1.29 is 36.5 Å². The first-order valence-corrected chi connectivity index (χ1v) is 17.7. The molecular formula is C30H40ClF3N7O5PS. The van der Waals surface area contributed by atoms with Gasteiger partial charge >= 0.3 is 20.7 Å². The number of carbonyl (C=O) groups excluding carboxylic acids is 1. The van der Waals surface area contributed by atoms with Gasteiger partial charge in [-0.25, -0.2) is 15.1 Å². The molecule has 3 N–H and O–H groups in total. The third-order valence-corrected chi connectivity index (χ3v) is 9.79. The van der Waals surface area contributed by atoms with E-state index < -0.39 is 38.4 Å². The molecule has 2 aliphatic rings. The van der Waals surface area contributed by atoms with Crippen molar-refractivity contribution in [3.05, 3.63) is 59.4 Å². The number of aromatic nitrogens is 2. The minimum atomic E-state index is -4.58. The first kappa shape index (κ1) is 38.0. The van der Waals surface area contributed by atoms with Crippen LogP contribution in [-0.2, 0) is 18.8 Å². The van der Waals surface area contributed by atoms with Crippen LogP contribution in [0.2, 0.25) is 5.02 Å². The minimum Gasteiger partial charge on any atom is -0.459 e. The largest absolute Gasteiger partial charge is 0.459 e. The Morgan fingerprint density at radius 3 is 2.67 bits per heavy atom. The number of anilines is 3. The summed E-state index contributed by atoms with van der Waals surface area (Å²) in [4.78, 5) is 27.2. The summed E-state index contributed by atoms with van der Waals surface area (Å²) in [5, 5.41) is 8.73. The molecule has 1 aromatic carbocycles. The number of nitrogens with one attached hydrogen (secondary N) is 3. The van der Waals surface area contributed by atoms with E-state index in [-0.39, 0.29) is 30.4 Å². The lowest BCUT2D eigenvalue weighted by molar-refractivity contribution is -0.148. The number of rotatable bonds is 15. The summed E-state index contributed by atoms with van der Waals surface area (Å²) >= 11 is 7.48. The van der Waals surface area contributed by atoms with Gasteiger partial charge in [-0.2, -0.15) is 18.0 Å². The van der Waals surface area contributed by atoms with Gasteiger partial charge in [0, 0.05) is 23.6 Å². The fraction of sp³-hybridized carbons (Fsp3) is 0.500. The number of hydrogen-bond acceptors (Lipinski definition) is 13. The molecule has 1 saturated heterocycles. The molecule has 2 aliphatic heterocycles. The lowest BCUT2D eigenvalue weighted by Crippen LogP contribution is -2.46. The van der Waals surface area contributed by atoms with Crippen LogP contribution in [0.3, 0.4) is 0 Å². The lowest BCUT2D eigenvalue weighted by atomic mass is 10.1. The van der Waals surface area contributed by atoms with E-state index in [1.165, 1.54) is 32.1 Å². The molecule has 0 bridgehead atoms. The maximum atomic E-state index is 13.2. The molecule has 0 amide bonds. The molecule has 0 aliphatic carbocycles. The van der Waals surface area contributed by atoms with Crippen LogP contribution in [0, 0.1) is 5.92 Å². The first-order chi connectivity index (χ1) is 22.6. The number of alkyl halides is 3. The van der Waals surface area contributed by atoms with Crippen molar-refractivity contribution in [2.45, 2.75) is 58.2 Å². The summed E-state index contributed by atoms with van der Waals surface area (Å²) in [5.74, 6) is 1.16. The zero-order valence-corrected chi connectivity index (χ0v) is 29.9. The van der Waals surface area contributed by atoms with Gasteiger partial charge in [-0.3, -0.25) is 9.80 Å². The molecular weight excluding hydrogens is 694 g/mol. The Bertz CT molecular complexity index is 1470. The number of hydrazine groups is 1. The second-order valence-electron chi connectivity index (χ2n) is 11.7. The number of nitrogens with zero attached hydrogens (tertiary/aromatic N) is 4. The smallest absolute Gasteiger partial charge is 0.412 e. The highest BCUT2D eigenvalue weighted by Crippen LogP contribution is 2.43. The monoisotopic (exact) mass is 733 g/mol. The number of hydrogen-bond donors (Lipinski definition) is 3. The Hall–Kier alpha value is -2.85. The van der Waals surface area contributed by atoms with Gasteiger partial charge in [-0.05, 0) is 63.3 Å². The van der Waals surface area contributed by atoms with E-state index in [0.717, 1.165) is 24.5 Å². The molecule has 12 nitrogen and oxygen atoms in total. The second-order valence-corrected chi connectivity index (χ2v) is 13.9. The van der Waals surface area contributed by atoms with Crippen LogP contribution in [0.25, 0.3) is 0 Å². The number of fused-ring (bicyclic) bond motifs is 1. The van der Waals surface area contributed by atoms with E-state index >= 15 is 0 Å². The van der Waals surface area contributed by atoms with Crippen molar-refractivity contribution in [2.75, 3.05) is 48.4 Å². The average molecular weight is 734 g/mol. The van der Waals surface area contributed by atoms with Gasteiger partial charge in [-0.15, -0.1) is 0 Å². The van der Waals surface area contributed by atoms with Gasteiger partial charge in [0.2, 0.25) is 0 Å². The molecule has 0 spiro atoms. The van der Waals surface area contributed by atoms with Crippen molar-refractivity contribution in [3.63, 3.8) is 0 Å². The van der Waals surface area contributed by atoms with Crippen LogP contribution in [0.15, 0.2) is 54.4 Å². The van der Waals surface area contributed by atoms with Crippen LogP contribution in [0.4, 0.5) is 30.5 Å².